The number of rotatable bonds is 6. The fourth-order valence-electron chi connectivity index (χ4n) is 2.56. The Labute approximate surface area is 135 Å². The van der Waals surface area contributed by atoms with E-state index in [-0.39, 0.29) is 6.04 Å². The number of para-hydroxylation sites is 1. The Morgan fingerprint density at radius 1 is 1.10 bits per heavy atom. The van der Waals surface area contributed by atoms with Crippen molar-refractivity contribution in [2.75, 3.05) is 13.2 Å². The van der Waals surface area contributed by atoms with Crippen molar-refractivity contribution in [2.24, 2.45) is 0 Å². The standard InChI is InChI=1S/C18H22BrNO/c1-4-20-18(15-11-10-14(19)12-13(15)3)16-8-6-7-9-17(16)21-5-2/h6-12,18,20H,4-5H2,1-3H3. The molecule has 2 aromatic rings. The summed E-state index contributed by atoms with van der Waals surface area (Å²) < 4.78 is 6.91. The van der Waals surface area contributed by atoms with Gasteiger partial charge in [0.05, 0.1) is 12.6 Å². The maximum absolute atomic E-state index is 5.80. The smallest absolute Gasteiger partial charge is 0.124 e. The van der Waals surface area contributed by atoms with Gasteiger partial charge in [-0.3, -0.25) is 0 Å². The van der Waals surface area contributed by atoms with Crippen molar-refractivity contribution in [1.29, 1.82) is 0 Å². The monoisotopic (exact) mass is 347 g/mol. The number of hydrogen-bond acceptors (Lipinski definition) is 2. The van der Waals surface area contributed by atoms with Crippen LogP contribution in [0, 0.1) is 6.92 Å². The Kier molecular flexibility index (Phi) is 5.83. The van der Waals surface area contributed by atoms with Crippen molar-refractivity contribution < 1.29 is 4.74 Å². The topological polar surface area (TPSA) is 21.3 Å². The van der Waals surface area contributed by atoms with Crippen LogP contribution in [0.4, 0.5) is 0 Å². The van der Waals surface area contributed by atoms with E-state index in [1.165, 1.54) is 16.7 Å². The van der Waals surface area contributed by atoms with Crippen LogP contribution in [0.2, 0.25) is 0 Å². The fraction of sp³-hybridized carbons (Fsp3) is 0.333. The van der Waals surface area contributed by atoms with Gasteiger partial charge >= 0.3 is 0 Å². The second-order valence-electron chi connectivity index (χ2n) is 4.96. The van der Waals surface area contributed by atoms with E-state index in [9.17, 15) is 0 Å². The minimum Gasteiger partial charge on any atom is -0.494 e. The summed E-state index contributed by atoms with van der Waals surface area (Å²) in [6.45, 7) is 7.87. The van der Waals surface area contributed by atoms with Crippen LogP contribution < -0.4 is 10.1 Å². The highest BCUT2D eigenvalue weighted by Gasteiger charge is 2.18. The Morgan fingerprint density at radius 3 is 2.52 bits per heavy atom. The highest BCUT2D eigenvalue weighted by molar-refractivity contribution is 9.10. The van der Waals surface area contributed by atoms with E-state index in [0.29, 0.717) is 6.61 Å². The third-order valence-corrected chi connectivity index (χ3v) is 3.97. The SMILES string of the molecule is CCNC(c1ccc(Br)cc1C)c1ccccc1OCC. The van der Waals surface area contributed by atoms with Crippen molar-refractivity contribution >= 4 is 15.9 Å². The normalized spacial score (nSPS) is 12.2. The van der Waals surface area contributed by atoms with Crippen LogP contribution in [-0.4, -0.2) is 13.2 Å². The van der Waals surface area contributed by atoms with E-state index in [2.05, 4.69) is 65.4 Å². The van der Waals surface area contributed by atoms with Crippen molar-refractivity contribution in [3.63, 3.8) is 0 Å². The lowest BCUT2D eigenvalue weighted by Crippen LogP contribution is -2.23. The quantitative estimate of drug-likeness (QED) is 0.805. The van der Waals surface area contributed by atoms with E-state index in [0.717, 1.165) is 16.8 Å². The van der Waals surface area contributed by atoms with Crippen molar-refractivity contribution in [3.8, 4) is 5.75 Å². The summed E-state index contributed by atoms with van der Waals surface area (Å²) in [5.41, 5.74) is 3.74. The average Bonchev–Trinajstić information content (AvgIpc) is 2.47. The molecule has 0 amide bonds. The van der Waals surface area contributed by atoms with Crippen LogP contribution in [0.25, 0.3) is 0 Å². The minimum absolute atomic E-state index is 0.144. The lowest BCUT2D eigenvalue weighted by atomic mass is 9.94. The van der Waals surface area contributed by atoms with Crippen LogP contribution >= 0.6 is 15.9 Å². The molecular formula is C18H22BrNO. The molecule has 0 saturated heterocycles. The first-order valence-corrected chi connectivity index (χ1v) is 8.17. The van der Waals surface area contributed by atoms with Crippen molar-refractivity contribution in [1.82, 2.24) is 5.32 Å². The molecule has 112 valence electrons. The number of aryl methyl sites for hydroxylation is 1. The minimum atomic E-state index is 0.144. The molecule has 3 heteroatoms. The van der Waals surface area contributed by atoms with Crippen LogP contribution in [0.1, 0.15) is 36.6 Å². The summed E-state index contributed by atoms with van der Waals surface area (Å²) >= 11 is 3.53. The van der Waals surface area contributed by atoms with Gasteiger partial charge in [-0.1, -0.05) is 47.1 Å². The van der Waals surface area contributed by atoms with Gasteiger partial charge in [0.15, 0.2) is 0 Å². The van der Waals surface area contributed by atoms with Crippen molar-refractivity contribution in [2.45, 2.75) is 26.8 Å². The zero-order chi connectivity index (χ0) is 15.2. The Bertz CT molecular complexity index is 598. The molecule has 2 nitrogen and oxygen atoms in total. The number of benzene rings is 2. The summed E-state index contributed by atoms with van der Waals surface area (Å²) in [4.78, 5) is 0. The molecule has 1 atom stereocenters. The molecule has 0 bridgehead atoms. The molecule has 2 rings (SSSR count). The first-order chi connectivity index (χ1) is 10.2. The lowest BCUT2D eigenvalue weighted by Gasteiger charge is -2.23. The van der Waals surface area contributed by atoms with Gasteiger partial charge in [-0.2, -0.15) is 0 Å². The van der Waals surface area contributed by atoms with Gasteiger partial charge in [-0.05, 0) is 49.7 Å². The molecule has 0 radical (unpaired) electrons. The molecule has 0 aliphatic rings. The number of ether oxygens (including phenoxy) is 1. The summed E-state index contributed by atoms with van der Waals surface area (Å²) in [5.74, 6) is 0.952. The molecule has 0 saturated carbocycles. The Hall–Kier alpha value is -1.32. The van der Waals surface area contributed by atoms with Gasteiger partial charge in [0.25, 0.3) is 0 Å². The zero-order valence-electron chi connectivity index (χ0n) is 12.8. The van der Waals surface area contributed by atoms with Crippen molar-refractivity contribution in [3.05, 3.63) is 63.6 Å². The lowest BCUT2D eigenvalue weighted by molar-refractivity contribution is 0.333. The van der Waals surface area contributed by atoms with Gasteiger partial charge in [-0.15, -0.1) is 0 Å². The third-order valence-electron chi connectivity index (χ3n) is 3.48. The summed E-state index contributed by atoms with van der Waals surface area (Å²) in [5, 5.41) is 3.58. The van der Waals surface area contributed by atoms with Gasteiger partial charge in [0.1, 0.15) is 5.75 Å². The van der Waals surface area contributed by atoms with E-state index in [1.54, 1.807) is 0 Å². The van der Waals surface area contributed by atoms with E-state index < -0.39 is 0 Å². The first kappa shape index (κ1) is 16.1. The number of nitrogens with one attached hydrogen (secondary N) is 1. The highest BCUT2D eigenvalue weighted by atomic mass is 79.9. The fourth-order valence-corrected chi connectivity index (χ4v) is 3.04. The maximum Gasteiger partial charge on any atom is 0.124 e. The highest BCUT2D eigenvalue weighted by Crippen LogP contribution is 2.32. The van der Waals surface area contributed by atoms with E-state index in [1.807, 2.05) is 19.1 Å². The van der Waals surface area contributed by atoms with Crippen LogP contribution in [-0.2, 0) is 0 Å². The first-order valence-electron chi connectivity index (χ1n) is 7.38. The second-order valence-corrected chi connectivity index (χ2v) is 5.88. The molecular weight excluding hydrogens is 326 g/mol. The molecule has 0 fully saturated rings. The maximum atomic E-state index is 5.80. The average molecular weight is 348 g/mol. The van der Waals surface area contributed by atoms with Gasteiger partial charge in [0.2, 0.25) is 0 Å². The zero-order valence-corrected chi connectivity index (χ0v) is 14.4. The summed E-state index contributed by atoms with van der Waals surface area (Å²) in [6.07, 6.45) is 0. The summed E-state index contributed by atoms with van der Waals surface area (Å²) in [6, 6.07) is 14.8. The van der Waals surface area contributed by atoms with Crippen LogP contribution in [0.5, 0.6) is 5.75 Å². The van der Waals surface area contributed by atoms with Crippen LogP contribution in [0.3, 0.4) is 0 Å². The predicted octanol–water partition coefficient (Wildman–Crippen LogP) is 4.86. The molecule has 1 N–H and O–H groups in total. The van der Waals surface area contributed by atoms with Gasteiger partial charge in [0, 0.05) is 10.0 Å². The van der Waals surface area contributed by atoms with Gasteiger partial charge < -0.3 is 10.1 Å². The molecule has 2 aromatic carbocycles. The third kappa shape index (κ3) is 3.86. The molecule has 0 heterocycles. The second kappa shape index (κ2) is 7.62. The Morgan fingerprint density at radius 2 is 1.86 bits per heavy atom. The molecule has 21 heavy (non-hydrogen) atoms. The largest absolute Gasteiger partial charge is 0.494 e. The predicted molar refractivity (Wildman–Crippen MR) is 92.0 cm³/mol. The molecule has 1 unspecified atom stereocenters. The molecule has 0 aromatic heterocycles. The number of hydrogen-bond donors (Lipinski definition) is 1. The summed E-state index contributed by atoms with van der Waals surface area (Å²) in [7, 11) is 0. The van der Waals surface area contributed by atoms with Gasteiger partial charge in [-0.25, -0.2) is 0 Å². The van der Waals surface area contributed by atoms with E-state index in [4.69, 9.17) is 4.74 Å². The van der Waals surface area contributed by atoms with E-state index >= 15 is 0 Å². The molecule has 0 spiro atoms. The van der Waals surface area contributed by atoms with Crippen LogP contribution in [0.15, 0.2) is 46.9 Å². The molecule has 0 aliphatic heterocycles. The Balaban J connectivity index is 2.48. The number of halogens is 1. The molecule has 0 aliphatic carbocycles.